The lowest BCUT2D eigenvalue weighted by molar-refractivity contribution is 0.575. The third kappa shape index (κ3) is 3.42. The summed E-state index contributed by atoms with van der Waals surface area (Å²) in [4.78, 5) is 4.74. The van der Waals surface area contributed by atoms with E-state index in [4.69, 9.17) is 4.42 Å². The lowest BCUT2D eigenvalue weighted by atomic mass is 10.3. The van der Waals surface area contributed by atoms with E-state index in [1.807, 2.05) is 22.2 Å². The van der Waals surface area contributed by atoms with Crippen LogP contribution >= 0.6 is 22.7 Å². The lowest BCUT2D eigenvalue weighted by Gasteiger charge is -2.00. The highest BCUT2D eigenvalue weighted by Crippen LogP contribution is 2.22. The van der Waals surface area contributed by atoms with Gasteiger partial charge in [-0.05, 0) is 41.1 Å². The first-order valence-corrected chi connectivity index (χ1v) is 9.34. The minimum atomic E-state index is -0.730. The number of hydrogen-bond donors (Lipinski definition) is 0. The Balaban J connectivity index is 1.85. The second kappa shape index (κ2) is 7.19. The summed E-state index contributed by atoms with van der Waals surface area (Å²) in [6.07, 6.45) is 3.26. The molecule has 1 aromatic carbocycles. The van der Waals surface area contributed by atoms with Crippen molar-refractivity contribution in [3.63, 3.8) is 0 Å². The first-order chi connectivity index (χ1) is 12.7. The molecule has 0 aliphatic rings. The summed E-state index contributed by atoms with van der Waals surface area (Å²) in [5.74, 6) is -0.761. The first kappa shape index (κ1) is 16.6. The lowest BCUT2D eigenvalue weighted by Crippen LogP contribution is -2.11. The Kier molecular flexibility index (Phi) is 4.59. The molecule has 0 unspecified atom stereocenters. The van der Waals surface area contributed by atoms with E-state index < -0.39 is 11.6 Å². The van der Waals surface area contributed by atoms with Gasteiger partial charge in [-0.25, -0.2) is 18.4 Å². The highest BCUT2D eigenvalue weighted by molar-refractivity contribution is 7.08. The van der Waals surface area contributed by atoms with Crippen molar-refractivity contribution in [1.82, 2.24) is 4.68 Å². The van der Waals surface area contributed by atoms with Crippen molar-refractivity contribution in [3.8, 4) is 11.5 Å². The molecule has 0 aliphatic heterocycles. The molecule has 0 saturated carbocycles. The van der Waals surface area contributed by atoms with E-state index in [9.17, 15) is 8.78 Å². The number of benzene rings is 1. The van der Waals surface area contributed by atoms with Crippen LogP contribution in [0.3, 0.4) is 0 Å². The predicted molar refractivity (Wildman–Crippen MR) is 98.9 cm³/mol. The third-order valence-electron chi connectivity index (χ3n) is 3.45. The van der Waals surface area contributed by atoms with Crippen LogP contribution in [0.1, 0.15) is 5.56 Å². The molecule has 3 heterocycles. The van der Waals surface area contributed by atoms with Gasteiger partial charge in [0.2, 0.25) is 4.80 Å². The topological polar surface area (TPSA) is 42.8 Å². The van der Waals surface area contributed by atoms with Crippen molar-refractivity contribution < 1.29 is 13.2 Å². The van der Waals surface area contributed by atoms with Gasteiger partial charge in [0.25, 0.3) is 0 Å². The van der Waals surface area contributed by atoms with Gasteiger partial charge in [0.1, 0.15) is 17.2 Å². The van der Waals surface area contributed by atoms with Crippen LogP contribution < -0.4 is 4.80 Å². The van der Waals surface area contributed by atoms with Crippen LogP contribution in [-0.2, 0) is 0 Å². The van der Waals surface area contributed by atoms with Gasteiger partial charge >= 0.3 is 0 Å². The summed E-state index contributed by atoms with van der Waals surface area (Å²) in [6.45, 7) is 0. The standard InChI is InChI=1S/C18H11F2N3OS2/c19-13-3-4-15(14(20)8-13)22-18-23(21-9-12-5-7-25-10-12)16(11-26-18)17-2-1-6-24-17/h1-11H. The Bertz CT molecular complexity index is 1110. The van der Waals surface area contributed by atoms with Gasteiger partial charge in [-0.1, -0.05) is 0 Å². The Morgan fingerprint density at radius 1 is 1.12 bits per heavy atom. The maximum atomic E-state index is 14.0. The molecular formula is C18H11F2N3OS2. The molecule has 130 valence electrons. The summed E-state index contributed by atoms with van der Waals surface area (Å²) in [5, 5.41) is 10.2. The van der Waals surface area contributed by atoms with Crippen LogP contribution in [0.15, 0.2) is 73.3 Å². The molecule has 0 amide bonds. The fraction of sp³-hybridized carbons (Fsp3) is 0. The zero-order chi connectivity index (χ0) is 17.9. The van der Waals surface area contributed by atoms with Crippen LogP contribution in [0.25, 0.3) is 11.5 Å². The molecule has 0 spiro atoms. The molecule has 4 rings (SSSR count). The Labute approximate surface area is 155 Å². The van der Waals surface area contributed by atoms with Gasteiger partial charge in [0.05, 0.1) is 12.5 Å². The fourth-order valence-corrected chi connectivity index (χ4v) is 3.67. The number of rotatable bonds is 4. The second-order valence-corrected chi connectivity index (χ2v) is 6.82. The Hall–Kier alpha value is -2.84. The van der Waals surface area contributed by atoms with Gasteiger partial charge < -0.3 is 4.42 Å². The monoisotopic (exact) mass is 387 g/mol. The average Bonchev–Trinajstić information content (AvgIpc) is 3.37. The number of aromatic nitrogens is 1. The van der Waals surface area contributed by atoms with Crippen LogP contribution in [0.2, 0.25) is 0 Å². The van der Waals surface area contributed by atoms with Gasteiger partial charge in [-0.15, -0.1) is 11.3 Å². The van der Waals surface area contributed by atoms with Crippen molar-refractivity contribution in [3.05, 3.63) is 80.8 Å². The molecule has 26 heavy (non-hydrogen) atoms. The first-order valence-electron chi connectivity index (χ1n) is 7.51. The quantitative estimate of drug-likeness (QED) is 0.440. The second-order valence-electron chi connectivity index (χ2n) is 5.20. The molecule has 0 fully saturated rings. The molecule has 0 N–H and O–H groups in total. The van der Waals surface area contributed by atoms with Gasteiger partial charge in [0.15, 0.2) is 11.6 Å². The maximum Gasteiger partial charge on any atom is 0.211 e. The minimum absolute atomic E-state index is 0.0405. The Morgan fingerprint density at radius 3 is 2.77 bits per heavy atom. The van der Waals surface area contributed by atoms with Crippen molar-refractivity contribution in [2.75, 3.05) is 0 Å². The van der Waals surface area contributed by atoms with E-state index in [2.05, 4.69) is 10.1 Å². The number of furan rings is 1. The van der Waals surface area contributed by atoms with Gasteiger partial charge in [0, 0.05) is 17.0 Å². The summed E-state index contributed by atoms with van der Waals surface area (Å²) in [6, 6.07) is 8.78. The summed E-state index contributed by atoms with van der Waals surface area (Å²) in [7, 11) is 0. The number of hydrogen-bond acceptors (Lipinski definition) is 5. The number of halogens is 2. The van der Waals surface area contributed by atoms with Gasteiger partial charge in [-0.3, -0.25) is 0 Å². The van der Waals surface area contributed by atoms with E-state index in [0.29, 0.717) is 16.3 Å². The van der Waals surface area contributed by atoms with E-state index >= 15 is 0 Å². The molecule has 8 heteroatoms. The molecule has 0 radical (unpaired) electrons. The highest BCUT2D eigenvalue weighted by atomic mass is 32.1. The molecule has 0 bridgehead atoms. The summed E-state index contributed by atoms with van der Waals surface area (Å²) < 4.78 is 34.1. The number of thiazole rings is 1. The summed E-state index contributed by atoms with van der Waals surface area (Å²) in [5.41, 5.74) is 1.67. The molecular weight excluding hydrogens is 376 g/mol. The molecule has 0 atom stereocenters. The maximum absolute atomic E-state index is 14.0. The fourth-order valence-electron chi connectivity index (χ4n) is 2.23. The van der Waals surface area contributed by atoms with Crippen LogP contribution in [-0.4, -0.2) is 10.9 Å². The largest absolute Gasteiger partial charge is 0.463 e. The smallest absolute Gasteiger partial charge is 0.211 e. The van der Waals surface area contributed by atoms with Crippen LogP contribution in [0, 0.1) is 11.6 Å². The number of thiophene rings is 1. The van der Waals surface area contributed by atoms with Crippen molar-refractivity contribution in [1.29, 1.82) is 0 Å². The zero-order valence-corrected chi connectivity index (χ0v) is 14.8. The molecule has 4 aromatic rings. The van der Waals surface area contributed by atoms with Crippen molar-refractivity contribution >= 4 is 34.6 Å². The Morgan fingerprint density at radius 2 is 2.04 bits per heavy atom. The minimum Gasteiger partial charge on any atom is -0.463 e. The van der Waals surface area contributed by atoms with Crippen molar-refractivity contribution in [2.24, 2.45) is 10.1 Å². The van der Waals surface area contributed by atoms with E-state index in [1.165, 1.54) is 23.5 Å². The number of nitrogens with zero attached hydrogens (tertiary/aromatic N) is 3. The van der Waals surface area contributed by atoms with Crippen molar-refractivity contribution in [2.45, 2.75) is 0 Å². The van der Waals surface area contributed by atoms with Crippen LogP contribution in [0.4, 0.5) is 14.5 Å². The zero-order valence-electron chi connectivity index (χ0n) is 13.2. The molecule has 4 nitrogen and oxygen atoms in total. The van der Waals surface area contributed by atoms with E-state index in [-0.39, 0.29) is 5.69 Å². The summed E-state index contributed by atoms with van der Waals surface area (Å²) >= 11 is 2.85. The van der Waals surface area contributed by atoms with E-state index in [1.54, 1.807) is 40.6 Å². The van der Waals surface area contributed by atoms with Gasteiger partial charge in [-0.2, -0.15) is 16.4 Å². The highest BCUT2D eigenvalue weighted by Gasteiger charge is 2.11. The normalized spacial score (nSPS) is 12.3. The molecule has 3 aromatic heterocycles. The molecule has 0 saturated heterocycles. The SMILES string of the molecule is Fc1ccc(N=c2scc(-c3ccco3)n2N=Cc2ccsc2)c(F)c1. The average molecular weight is 387 g/mol. The predicted octanol–water partition coefficient (Wildman–Crippen LogP) is 5.26. The van der Waals surface area contributed by atoms with E-state index in [0.717, 1.165) is 11.6 Å². The van der Waals surface area contributed by atoms with Crippen LogP contribution in [0.5, 0.6) is 0 Å². The third-order valence-corrected chi connectivity index (χ3v) is 4.97. The molecule has 0 aliphatic carbocycles.